The minimum Gasteiger partial charge on any atom is -0.341 e. The third kappa shape index (κ3) is 3.65. The lowest BCUT2D eigenvalue weighted by Crippen LogP contribution is -2.21. The zero-order valence-corrected chi connectivity index (χ0v) is 16.4. The maximum absolute atomic E-state index is 13.2. The second kappa shape index (κ2) is 7.40. The van der Waals surface area contributed by atoms with Crippen molar-refractivity contribution in [3.8, 4) is 0 Å². The third-order valence-electron chi connectivity index (χ3n) is 4.83. The number of halogens is 3. The Labute approximate surface area is 171 Å². The fraction of sp³-hybridized carbons (Fsp3) is 0.136. The summed E-state index contributed by atoms with van der Waals surface area (Å²) < 4.78 is 41.8. The summed E-state index contributed by atoms with van der Waals surface area (Å²) >= 11 is 5.25. The SMILES string of the molecule is CCn1c2ccccc2c2cc(NC(=S)Nc3ccccc3C(F)(F)F)ccc21. The molecule has 2 N–H and O–H groups in total. The van der Waals surface area contributed by atoms with Crippen LogP contribution in [0.4, 0.5) is 24.5 Å². The molecule has 1 aromatic heterocycles. The Morgan fingerprint density at radius 1 is 0.897 bits per heavy atom. The molecule has 0 radical (unpaired) electrons. The minimum atomic E-state index is -4.46. The molecule has 0 atom stereocenters. The van der Waals surface area contributed by atoms with Crippen molar-refractivity contribution in [2.45, 2.75) is 19.6 Å². The Bertz CT molecular complexity index is 1210. The van der Waals surface area contributed by atoms with E-state index in [4.69, 9.17) is 12.2 Å². The molecule has 0 fully saturated rings. The maximum Gasteiger partial charge on any atom is 0.418 e. The number of nitrogens with one attached hydrogen (secondary N) is 2. The largest absolute Gasteiger partial charge is 0.418 e. The zero-order chi connectivity index (χ0) is 20.6. The van der Waals surface area contributed by atoms with Crippen LogP contribution in [-0.4, -0.2) is 9.68 Å². The van der Waals surface area contributed by atoms with Crippen molar-refractivity contribution >= 4 is 50.5 Å². The number of rotatable bonds is 3. The van der Waals surface area contributed by atoms with Crippen LogP contribution in [0.1, 0.15) is 12.5 Å². The van der Waals surface area contributed by atoms with Crippen LogP contribution in [0.15, 0.2) is 66.7 Å². The maximum atomic E-state index is 13.2. The summed E-state index contributed by atoms with van der Waals surface area (Å²) in [5.41, 5.74) is 2.10. The van der Waals surface area contributed by atoms with Crippen molar-refractivity contribution < 1.29 is 13.2 Å². The molecule has 29 heavy (non-hydrogen) atoms. The summed E-state index contributed by atoms with van der Waals surface area (Å²) in [4.78, 5) is 0. The van der Waals surface area contributed by atoms with Gasteiger partial charge in [0, 0.05) is 34.0 Å². The molecule has 1 heterocycles. The summed E-state index contributed by atoms with van der Waals surface area (Å²) in [5.74, 6) is 0. The normalized spacial score (nSPS) is 11.7. The van der Waals surface area contributed by atoms with Gasteiger partial charge < -0.3 is 15.2 Å². The molecule has 3 aromatic carbocycles. The van der Waals surface area contributed by atoms with E-state index in [-0.39, 0.29) is 10.8 Å². The van der Waals surface area contributed by atoms with Crippen LogP contribution < -0.4 is 10.6 Å². The van der Waals surface area contributed by atoms with E-state index in [0.29, 0.717) is 5.69 Å². The number of hydrogen-bond acceptors (Lipinski definition) is 1. The highest BCUT2D eigenvalue weighted by molar-refractivity contribution is 7.80. The van der Waals surface area contributed by atoms with Crippen LogP contribution in [-0.2, 0) is 12.7 Å². The lowest BCUT2D eigenvalue weighted by Gasteiger charge is -2.16. The Hall–Kier alpha value is -3.06. The van der Waals surface area contributed by atoms with Gasteiger partial charge in [-0.05, 0) is 55.5 Å². The molecule has 0 aliphatic carbocycles. The molecule has 7 heteroatoms. The highest BCUT2D eigenvalue weighted by Gasteiger charge is 2.33. The van der Waals surface area contributed by atoms with E-state index in [2.05, 4.69) is 34.3 Å². The van der Waals surface area contributed by atoms with Crippen molar-refractivity contribution in [1.29, 1.82) is 0 Å². The Kier molecular flexibility index (Phi) is 4.92. The topological polar surface area (TPSA) is 29.0 Å². The monoisotopic (exact) mass is 413 g/mol. The van der Waals surface area contributed by atoms with Gasteiger partial charge in [0.05, 0.1) is 11.3 Å². The van der Waals surface area contributed by atoms with Crippen molar-refractivity contribution in [1.82, 2.24) is 4.57 Å². The van der Waals surface area contributed by atoms with Crippen LogP contribution in [0.2, 0.25) is 0 Å². The first kappa shape index (κ1) is 19.3. The van der Waals surface area contributed by atoms with Crippen LogP contribution in [0.5, 0.6) is 0 Å². The molecule has 4 aromatic rings. The summed E-state index contributed by atoms with van der Waals surface area (Å²) in [6.45, 7) is 2.93. The van der Waals surface area contributed by atoms with E-state index in [0.717, 1.165) is 34.4 Å². The average Bonchev–Trinajstić information content (AvgIpc) is 3.00. The van der Waals surface area contributed by atoms with Gasteiger partial charge in [-0.15, -0.1) is 0 Å². The average molecular weight is 413 g/mol. The summed E-state index contributed by atoms with van der Waals surface area (Å²) in [6.07, 6.45) is -4.46. The number of nitrogens with zero attached hydrogens (tertiary/aromatic N) is 1. The standard InChI is InChI=1S/C22H18F3N3S/c1-2-28-19-10-6-3-7-15(19)16-13-14(11-12-20(16)28)26-21(29)27-18-9-5-4-8-17(18)22(23,24)25/h3-13H,2H2,1H3,(H2,26,27,29). The van der Waals surface area contributed by atoms with Crippen LogP contribution in [0.25, 0.3) is 21.8 Å². The first-order valence-electron chi connectivity index (χ1n) is 9.13. The number of fused-ring (bicyclic) bond motifs is 3. The first-order valence-corrected chi connectivity index (χ1v) is 9.54. The fourth-order valence-electron chi connectivity index (χ4n) is 3.60. The molecule has 0 aliphatic heterocycles. The van der Waals surface area contributed by atoms with Gasteiger partial charge in [0.1, 0.15) is 0 Å². The number of thiocarbonyl (C=S) groups is 1. The quantitative estimate of drug-likeness (QED) is 0.369. The van der Waals surface area contributed by atoms with Gasteiger partial charge in [0.15, 0.2) is 5.11 Å². The van der Waals surface area contributed by atoms with E-state index in [1.54, 1.807) is 0 Å². The minimum absolute atomic E-state index is 0.0823. The molecule has 3 nitrogen and oxygen atoms in total. The Balaban J connectivity index is 1.64. The van der Waals surface area contributed by atoms with Crippen LogP contribution in [0.3, 0.4) is 0 Å². The predicted molar refractivity (Wildman–Crippen MR) is 116 cm³/mol. The highest BCUT2D eigenvalue weighted by atomic mass is 32.1. The molecular weight excluding hydrogens is 395 g/mol. The molecule has 0 spiro atoms. The van der Waals surface area contributed by atoms with Crippen molar-refractivity contribution in [2.24, 2.45) is 0 Å². The van der Waals surface area contributed by atoms with Crippen molar-refractivity contribution in [3.63, 3.8) is 0 Å². The van der Waals surface area contributed by atoms with Gasteiger partial charge in [-0.1, -0.05) is 30.3 Å². The number of aromatic nitrogens is 1. The zero-order valence-electron chi connectivity index (χ0n) is 15.5. The van der Waals surface area contributed by atoms with Crippen molar-refractivity contribution in [3.05, 3.63) is 72.3 Å². The van der Waals surface area contributed by atoms with Crippen LogP contribution in [0, 0.1) is 0 Å². The van der Waals surface area contributed by atoms with Gasteiger partial charge in [-0.25, -0.2) is 0 Å². The van der Waals surface area contributed by atoms with E-state index in [1.165, 1.54) is 18.2 Å². The number of anilines is 2. The van der Waals surface area contributed by atoms with Gasteiger partial charge in [0.2, 0.25) is 0 Å². The molecule has 148 valence electrons. The van der Waals surface area contributed by atoms with E-state index in [1.807, 2.05) is 30.3 Å². The highest BCUT2D eigenvalue weighted by Crippen LogP contribution is 2.35. The lowest BCUT2D eigenvalue weighted by molar-refractivity contribution is -0.136. The molecule has 0 bridgehead atoms. The van der Waals surface area contributed by atoms with Crippen molar-refractivity contribution in [2.75, 3.05) is 10.6 Å². The molecule has 0 saturated heterocycles. The second-order valence-corrected chi connectivity index (χ2v) is 7.02. The van der Waals surface area contributed by atoms with Gasteiger partial charge in [-0.2, -0.15) is 13.2 Å². The summed E-state index contributed by atoms with van der Waals surface area (Å²) in [6, 6.07) is 19.2. The van der Waals surface area contributed by atoms with E-state index in [9.17, 15) is 13.2 Å². The van der Waals surface area contributed by atoms with E-state index < -0.39 is 11.7 Å². The number of para-hydroxylation sites is 2. The Morgan fingerprint density at radius 2 is 1.59 bits per heavy atom. The van der Waals surface area contributed by atoms with E-state index >= 15 is 0 Å². The fourth-order valence-corrected chi connectivity index (χ4v) is 3.82. The lowest BCUT2D eigenvalue weighted by atomic mass is 10.1. The third-order valence-corrected chi connectivity index (χ3v) is 5.03. The summed E-state index contributed by atoms with van der Waals surface area (Å²) in [5, 5.41) is 7.94. The molecule has 0 unspecified atom stereocenters. The predicted octanol–water partition coefficient (Wildman–Crippen LogP) is 6.64. The molecule has 0 amide bonds. The number of hydrogen-bond donors (Lipinski definition) is 2. The summed E-state index contributed by atoms with van der Waals surface area (Å²) in [7, 11) is 0. The Morgan fingerprint density at radius 3 is 2.34 bits per heavy atom. The van der Waals surface area contributed by atoms with Gasteiger partial charge >= 0.3 is 6.18 Å². The number of alkyl halides is 3. The molecular formula is C22H18F3N3S. The second-order valence-electron chi connectivity index (χ2n) is 6.62. The van der Waals surface area contributed by atoms with Gasteiger partial charge in [-0.3, -0.25) is 0 Å². The molecule has 4 rings (SSSR count). The number of benzene rings is 3. The molecule has 0 aliphatic rings. The smallest absolute Gasteiger partial charge is 0.341 e. The first-order chi connectivity index (χ1) is 13.9. The van der Waals surface area contributed by atoms with Crippen LogP contribution >= 0.6 is 12.2 Å². The molecule has 0 saturated carbocycles. The van der Waals surface area contributed by atoms with Gasteiger partial charge in [0.25, 0.3) is 0 Å². The number of aryl methyl sites for hydroxylation is 1.